The van der Waals surface area contributed by atoms with Gasteiger partial charge in [0.05, 0.1) is 0 Å². The summed E-state index contributed by atoms with van der Waals surface area (Å²) in [5, 5.41) is 8.92. The van der Waals surface area contributed by atoms with Gasteiger partial charge in [0, 0.05) is 30.5 Å². The van der Waals surface area contributed by atoms with Crippen LogP contribution < -0.4 is 10.6 Å². The first-order valence-corrected chi connectivity index (χ1v) is 7.41. The van der Waals surface area contributed by atoms with Gasteiger partial charge in [0.25, 0.3) is 5.91 Å². The van der Waals surface area contributed by atoms with Gasteiger partial charge in [-0.2, -0.15) is 11.3 Å². The van der Waals surface area contributed by atoms with Crippen molar-refractivity contribution < 1.29 is 14.0 Å². The molecule has 0 bridgehead atoms. The van der Waals surface area contributed by atoms with E-state index in [1.165, 1.54) is 23.5 Å². The fourth-order valence-electron chi connectivity index (χ4n) is 1.72. The van der Waals surface area contributed by atoms with Gasteiger partial charge in [-0.3, -0.25) is 9.59 Å². The molecule has 6 heteroatoms. The predicted molar refractivity (Wildman–Crippen MR) is 79.5 cm³/mol. The highest BCUT2D eigenvalue weighted by atomic mass is 32.1. The minimum Gasteiger partial charge on any atom is -0.352 e. The van der Waals surface area contributed by atoms with Crippen molar-refractivity contribution in [2.24, 2.45) is 0 Å². The van der Waals surface area contributed by atoms with E-state index < -0.39 is 0 Å². The Hall–Kier alpha value is -2.21. The summed E-state index contributed by atoms with van der Waals surface area (Å²) in [7, 11) is 0. The zero-order valence-electron chi connectivity index (χ0n) is 11.3. The zero-order valence-corrected chi connectivity index (χ0v) is 12.1. The molecule has 4 nitrogen and oxygen atoms in total. The molecule has 21 heavy (non-hydrogen) atoms. The van der Waals surface area contributed by atoms with E-state index in [-0.39, 0.29) is 37.1 Å². The number of amides is 2. The second kappa shape index (κ2) is 7.54. The number of thiophene rings is 1. The van der Waals surface area contributed by atoms with Crippen molar-refractivity contribution in [1.82, 2.24) is 10.6 Å². The third-order valence-corrected chi connectivity index (χ3v) is 3.48. The first-order chi connectivity index (χ1) is 10.1. The van der Waals surface area contributed by atoms with Gasteiger partial charge < -0.3 is 10.6 Å². The molecule has 2 amide bonds. The Bertz CT molecular complexity index is 614. The summed E-state index contributed by atoms with van der Waals surface area (Å²) in [4.78, 5) is 23.2. The Balaban J connectivity index is 1.67. The summed E-state index contributed by atoms with van der Waals surface area (Å²) in [5.41, 5.74) is 1.30. The average molecular weight is 306 g/mol. The lowest BCUT2D eigenvalue weighted by Gasteiger charge is -2.06. The number of hydrogen-bond donors (Lipinski definition) is 2. The number of rotatable bonds is 6. The lowest BCUT2D eigenvalue weighted by molar-refractivity contribution is -0.121. The molecule has 2 aromatic rings. The van der Waals surface area contributed by atoms with Gasteiger partial charge in [0.15, 0.2) is 0 Å². The molecule has 2 rings (SSSR count). The van der Waals surface area contributed by atoms with E-state index in [2.05, 4.69) is 10.6 Å². The van der Waals surface area contributed by atoms with Gasteiger partial charge in [-0.1, -0.05) is 12.1 Å². The van der Waals surface area contributed by atoms with Crippen LogP contribution in [0.4, 0.5) is 4.39 Å². The van der Waals surface area contributed by atoms with Crippen molar-refractivity contribution in [3.63, 3.8) is 0 Å². The van der Waals surface area contributed by atoms with Crippen LogP contribution in [0.25, 0.3) is 0 Å². The van der Waals surface area contributed by atoms with Crippen LogP contribution in [0.1, 0.15) is 22.3 Å². The van der Waals surface area contributed by atoms with E-state index in [1.807, 2.05) is 5.38 Å². The summed E-state index contributed by atoms with van der Waals surface area (Å²) in [5.74, 6) is -0.705. The van der Waals surface area contributed by atoms with E-state index in [4.69, 9.17) is 0 Å². The van der Waals surface area contributed by atoms with Gasteiger partial charge in [-0.15, -0.1) is 0 Å². The third kappa shape index (κ3) is 5.00. The summed E-state index contributed by atoms with van der Waals surface area (Å²) in [6.07, 6.45) is 0.186. The quantitative estimate of drug-likeness (QED) is 0.860. The lowest BCUT2D eigenvalue weighted by Crippen LogP contribution is -2.30. The van der Waals surface area contributed by atoms with E-state index >= 15 is 0 Å². The highest BCUT2D eigenvalue weighted by Gasteiger charge is 2.06. The molecule has 0 aliphatic carbocycles. The average Bonchev–Trinajstić information content (AvgIpc) is 2.99. The fourth-order valence-corrected chi connectivity index (χ4v) is 2.36. The number of hydrogen-bond acceptors (Lipinski definition) is 3. The normalized spacial score (nSPS) is 10.1. The molecule has 0 saturated heterocycles. The highest BCUT2D eigenvalue weighted by Crippen LogP contribution is 2.05. The number of carbonyl (C=O) groups is 2. The van der Waals surface area contributed by atoms with Crippen LogP contribution in [0.15, 0.2) is 41.1 Å². The predicted octanol–water partition coefficient (Wildman–Crippen LogP) is 2.32. The first kappa shape index (κ1) is 15.2. The van der Waals surface area contributed by atoms with Gasteiger partial charge in [-0.05, 0) is 29.1 Å². The Morgan fingerprint density at radius 3 is 2.76 bits per heavy atom. The molecule has 0 aliphatic heterocycles. The molecule has 0 unspecified atom stereocenters. The van der Waals surface area contributed by atoms with Crippen molar-refractivity contribution in [2.45, 2.75) is 13.0 Å². The zero-order chi connectivity index (χ0) is 15.1. The van der Waals surface area contributed by atoms with Gasteiger partial charge in [0.2, 0.25) is 5.91 Å². The van der Waals surface area contributed by atoms with Crippen LogP contribution >= 0.6 is 11.3 Å². The molecular formula is C15H15FN2O2S. The maximum Gasteiger partial charge on any atom is 0.252 e. The number of benzene rings is 1. The molecule has 0 aliphatic rings. The maximum absolute atomic E-state index is 13.0. The summed E-state index contributed by atoms with van der Waals surface area (Å²) in [6, 6.07) is 7.79. The highest BCUT2D eigenvalue weighted by molar-refractivity contribution is 7.08. The Kier molecular flexibility index (Phi) is 5.45. The van der Waals surface area contributed by atoms with Crippen LogP contribution in [0, 0.1) is 5.82 Å². The molecule has 0 saturated carbocycles. The van der Waals surface area contributed by atoms with E-state index in [1.54, 1.807) is 23.6 Å². The van der Waals surface area contributed by atoms with Gasteiger partial charge >= 0.3 is 0 Å². The lowest BCUT2D eigenvalue weighted by atomic mass is 10.2. The summed E-state index contributed by atoms with van der Waals surface area (Å²) < 4.78 is 13.0. The molecule has 1 heterocycles. The van der Waals surface area contributed by atoms with Crippen molar-refractivity contribution >= 4 is 23.2 Å². The molecule has 1 aromatic heterocycles. The Morgan fingerprint density at radius 1 is 1.19 bits per heavy atom. The number of nitrogens with one attached hydrogen (secondary N) is 2. The van der Waals surface area contributed by atoms with Crippen LogP contribution in [-0.2, 0) is 11.3 Å². The second-order valence-electron chi connectivity index (χ2n) is 4.42. The third-order valence-electron chi connectivity index (χ3n) is 2.80. The van der Waals surface area contributed by atoms with Gasteiger partial charge in [0.1, 0.15) is 5.82 Å². The minimum atomic E-state index is -0.329. The van der Waals surface area contributed by atoms with Crippen molar-refractivity contribution in [2.75, 3.05) is 6.54 Å². The number of halogens is 1. The van der Waals surface area contributed by atoms with Crippen molar-refractivity contribution in [3.8, 4) is 0 Å². The summed E-state index contributed by atoms with van der Waals surface area (Å²) >= 11 is 1.44. The molecule has 0 radical (unpaired) electrons. The first-order valence-electron chi connectivity index (χ1n) is 6.46. The van der Waals surface area contributed by atoms with E-state index in [0.717, 1.165) is 0 Å². The fraction of sp³-hybridized carbons (Fsp3) is 0.200. The Morgan fingerprint density at radius 2 is 2.05 bits per heavy atom. The van der Waals surface area contributed by atoms with E-state index in [9.17, 15) is 14.0 Å². The molecule has 0 atom stereocenters. The van der Waals surface area contributed by atoms with Crippen molar-refractivity contribution in [3.05, 3.63) is 58.0 Å². The molecule has 0 fully saturated rings. The van der Waals surface area contributed by atoms with Gasteiger partial charge in [-0.25, -0.2) is 4.39 Å². The largest absolute Gasteiger partial charge is 0.352 e. The molecule has 0 spiro atoms. The van der Waals surface area contributed by atoms with Crippen LogP contribution in [0.3, 0.4) is 0 Å². The minimum absolute atomic E-state index is 0.186. The standard InChI is InChI=1S/C15H15FN2O2S/c16-13-3-1-2-11(8-13)9-18-14(19)4-6-17-15(20)12-5-7-21-10-12/h1-3,5,7-8,10H,4,6,9H2,(H,17,20)(H,18,19). The SMILES string of the molecule is O=C(CCNC(=O)c1ccsc1)NCc1cccc(F)c1. The topological polar surface area (TPSA) is 58.2 Å². The van der Waals surface area contributed by atoms with E-state index in [0.29, 0.717) is 11.1 Å². The van der Waals surface area contributed by atoms with Crippen LogP contribution in [0.5, 0.6) is 0 Å². The maximum atomic E-state index is 13.0. The smallest absolute Gasteiger partial charge is 0.252 e. The Labute approximate surface area is 126 Å². The monoisotopic (exact) mass is 306 g/mol. The number of carbonyl (C=O) groups excluding carboxylic acids is 2. The molecule has 2 N–H and O–H groups in total. The summed E-state index contributed by atoms with van der Waals surface area (Å²) in [6.45, 7) is 0.540. The molecular weight excluding hydrogens is 291 g/mol. The molecule has 110 valence electrons. The molecule has 1 aromatic carbocycles. The second-order valence-corrected chi connectivity index (χ2v) is 5.20. The van der Waals surface area contributed by atoms with Crippen LogP contribution in [-0.4, -0.2) is 18.4 Å². The van der Waals surface area contributed by atoms with Crippen molar-refractivity contribution in [1.29, 1.82) is 0 Å². The van der Waals surface area contributed by atoms with Crippen LogP contribution in [0.2, 0.25) is 0 Å².